The fourth-order valence-electron chi connectivity index (χ4n) is 5.59. The molecule has 3 fully saturated rings. The quantitative estimate of drug-likeness (QED) is 0.793. The number of amides is 1. The van der Waals surface area contributed by atoms with Gasteiger partial charge in [-0.2, -0.15) is 0 Å². The third-order valence-electron chi connectivity index (χ3n) is 7.26. The topological polar surface area (TPSA) is 60.0 Å². The van der Waals surface area contributed by atoms with Crippen LogP contribution in [0.1, 0.15) is 44.1 Å². The van der Waals surface area contributed by atoms with Crippen molar-refractivity contribution in [1.82, 2.24) is 10.2 Å². The van der Waals surface area contributed by atoms with Crippen LogP contribution in [0, 0.1) is 11.8 Å². The summed E-state index contributed by atoms with van der Waals surface area (Å²) in [7, 11) is 3.34. The van der Waals surface area contributed by atoms with Gasteiger partial charge in [-0.15, -0.1) is 0 Å². The second-order valence-corrected chi connectivity index (χ2v) is 8.61. The number of nitrogens with zero attached hydrogens (tertiary/aromatic N) is 1. The fourth-order valence-corrected chi connectivity index (χ4v) is 5.59. The molecule has 29 heavy (non-hydrogen) atoms. The number of rotatable bonds is 6. The van der Waals surface area contributed by atoms with Gasteiger partial charge >= 0.3 is 0 Å². The van der Waals surface area contributed by atoms with Crippen molar-refractivity contribution in [2.45, 2.75) is 50.6 Å². The fraction of sp³-hybridized carbons (Fsp3) is 0.696. The van der Waals surface area contributed by atoms with Crippen LogP contribution in [0.5, 0.6) is 11.5 Å². The van der Waals surface area contributed by atoms with Crippen LogP contribution in [0.3, 0.4) is 0 Å². The molecule has 3 aliphatic rings. The number of carbonyl (C=O) groups is 1. The molecule has 2 saturated carbocycles. The summed E-state index contributed by atoms with van der Waals surface area (Å²) in [6, 6.07) is 6.31. The van der Waals surface area contributed by atoms with Crippen LogP contribution < -0.4 is 14.8 Å². The first-order chi connectivity index (χ1) is 14.1. The average molecular weight is 403 g/mol. The molecule has 0 bridgehead atoms. The standard InChI is InChI=1S/C23H34N2O4/c1-15(25-10-12-29-13-11-25)23(26)24-22-18-7-5-4-6-17(18)21(22)16-8-9-19(27-2)20(14-16)28-3/h8-9,14-15,17-18,21-22H,4-7,10-13H2,1-3H3,(H,24,26)/t15?,17?,18?,21-,22-/m0/s1. The zero-order valence-electron chi connectivity index (χ0n) is 17.9. The minimum absolute atomic E-state index is 0.118. The SMILES string of the molecule is COc1ccc([C@H]2C3CCCCC3[C@@H]2NC(=O)C(C)N2CCOCC2)cc1OC. The molecule has 0 aromatic heterocycles. The third kappa shape index (κ3) is 3.97. The predicted octanol–water partition coefficient (Wildman–Crippen LogP) is 2.81. The molecule has 0 spiro atoms. The number of morpholine rings is 1. The van der Waals surface area contributed by atoms with Crippen molar-refractivity contribution < 1.29 is 19.0 Å². The third-order valence-corrected chi connectivity index (χ3v) is 7.26. The van der Waals surface area contributed by atoms with Gasteiger partial charge in [0.2, 0.25) is 5.91 Å². The molecule has 3 unspecified atom stereocenters. The van der Waals surface area contributed by atoms with Crippen LogP contribution in [-0.4, -0.2) is 63.4 Å². The largest absolute Gasteiger partial charge is 0.493 e. The number of fused-ring (bicyclic) bond motifs is 1. The average Bonchev–Trinajstić information content (AvgIpc) is 2.77. The lowest BCUT2D eigenvalue weighted by Crippen LogP contribution is -2.62. The molecule has 6 nitrogen and oxygen atoms in total. The zero-order valence-corrected chi connectivity index (χ0v) is 17.9. The summed E-state index contributed by atoms with van der Waals surface area (Å²) in [5.74, 6) is 3.23. The number of nitrogens with one attached hydrogen (secondary N) is 1. The van der Waals surface area contributed by atoms with Gasteiger partial charge in [0.05, 0.1) is 33.5 Å². The number of hydrogen-bond donors (Lipinski definition) is 1. The van der Waals surface area contributed by atoms with Crippen LogP contribution in [-0.2, 0) is 9.53 Å². The Labute approximate surface area is 173 Å². The Morgan fingerprint density at radius 1 is 1.10 bits per heavy atom. The van der Waals surface area contributed by atoms with Gasteiger partial charge in [0, 0.05) is 25.0 Å². The van der Waals surface area contributed by atoms with Gasteiger partial charge in [-0.1, -0.05) is 18.9 Å². The molecule has 5 atom stereocenters. The van der Waals surface area contributed by atoms with E-state index in [1.54, 1.807) is 14.2 Å². The summed E-state index contributed by atoms with van der Waals surface area (Å²) in [5.41, 5.74) is 1.25. The van der Waals surface area contributed by atoms with Gasteiger partial charge < -0.3 is 19.5 Å². The van der Waals surface area contributed by atoms with E-state index in [0.717, 1.165) is 24.6 Å². The van der Waals surface area contributed by atoms with E-state index < -0.39 is 0 Å². The van der Waals surface area contributed by atoms with Gasteiger partial charge in [-0.05, 0) is 49.3 Å². The molecule has 1 aromatic carbocycles. The van der Waals surface area contributed by atoms with E-state index in [9.17, 15) is 4.79 Å². The Morgan fingerprint density at radius 3 is 2.48 bits per heavy atom. The molecule has 4 rings (SSSR count). The summed E-state index contributed by atoms with van der Waals surface area (Å²) >= 11 is 0. The smallest absolute Gasteiger partial charge is 0.237 e. The molecule has 2 aliphatic carbocycles. The Morgan fingerprint density at radius 2 is 1.79 bits per heavy atom. The van der Waals surface area contributed by atoms with Crippen molar-refractivity contribution in [2.75, 3.05) is 40.5 Å². The van der Waals surface area contributed by atoms with Crippen LogP contribution in [0.25, 0.3) is 0 Å². The van der Waals surface area contributed by atoms with Crippen molar-refractivity contribution >= 4 is 5.91 Å². The van der Waals surface area contributed by atoms with Crippen molar-refractivity contribution in [3.63, 3.8) is 0 Å². The van der Waals surface area contributed by atoms with Crippen molar-refractivity contribution in [1.29, 1.82) is 0 Å². The minimum Gasteiger partial charge on any atom is -0.493 e. The van der Waals surface area contributed by atoms with Crippen molar-refractivity contribution in [3.05, 3.63) is 23.8 Å². The lowest BCUT2D eigenvalue weighted by Gasteiger charge is -2.55. The van der Waals surface area contributed by atoms with E-state index in [1.165, 1.54) is 31.2 Å². The molecule has 1 aliphatic heterocycles. The molecule has 1 heterocycles. The van der Waals surface area contributed by atoms with E-state index in [0.29, 0.717) is 31.0 Å². The second kappa shape index (κ2) is 8.92. The summed E-state index contributed by atoms with van der Waals surface area (Å²) in [6.07, 6.45) is 5.02. The summed E-state index contributed by atoms with van der Waals surface area (Å²) in [5, 5.41) is 3.43. The van der Waals surface area contributed by atoms with Gasteiger partial charge in [0.25, 0.3) is 0 Å². The summed E-state index contributed by atoms with van der Waals surface area (Å²) in [4.78, 5) is 15.3. The van der Waals surface area contributed by atoms with E-state index in [1.807, 2.05) is 13.0 Å². The minimum atomic E-state index is -0.118. The Kier molecular flexibility index (Phi) is 6.30. The highest BCUT2D eigenvalue weighted by Crippen LogP contribution is 2.55. The van der Waals surface area contributed by atoms with E-state index in [2.05, 4.69) is 22.3 Å². The monoisotopic (exact) mass is 402 g/mol. The summed E-state index contributed by atoms with van der Waals surface area (Å²) in [6.45, 7) is 5.08. The Hall–Kier alpha value is -1.79. The predicted molar refractivity (Wildman–Crippen MR) is 112 cm³/mol. The number of benzene rings is 1. The Bertz CT molecular complexity index is 719. The van der Waals surface area contributed by atoms with Crippen molar-refractivity contribution in [2.24, 2.45) is 11.8 Å². The molecule has 0 radical (unpaired) electrons. The van der Waals surface area contributed by atoms with E-state index in [4.69, 9.17) is 14.2 Å². The van der Waals surface area contributed by atoms with Gasteiger partial charge in [0.15, 0.2) is 11.5 Å². The van der Waals surface area contributed by atoms with Crippen LogP contribution in [0.4, 0.5) is 0 Å². The maximum Gasteiger partial charge on any atom is 0.237 e. The first-order valence-electron chi connectivity index (χ1n) is 11.0. The van der Waals surface area contributed by atoms with Gasteiger partial charge in [-0.25, -0.2) is 0 Å². The first-order valence-corrected chi connectivity index (χ1v) is 11.0. The number of hydrogen-bond acceptors (Lipinski definition) is 5. The number of carbonyl (C=O) groups excluding carboxylic acids is 1. The summed E-state index contributed by atoms with van der Waals surface area (Å²) < 4.78 is 16.4. The molecular weight excluding hydrogens is 368 g/mol. The van der Waals surface area contributed by atoms with Crippen LogP contribution in [0.15, 0.2) is 18.2 Å². The lowest BCUT2D eigenvalue weighted by atomic mass is 9.53. The number of ether oxygens (including phenoxy) is 3. The first kappa shape index (κ1) is 20.5. The molecule has 160 valence electrons. The van der Waals surface area contributed by atoms with E-state index in [-0.39, 0.29) is 18.0 Å². The van der Waals surface area contributed by atoms with Crippen LogP contribution >= 0.6 is 0 Å². The normalized spacial score (nSPS) is 30.6. The molecule has 1 aromatic rings. The maximum atomic E-state index is 13.1. The second-order valence-electron chi connectivity index (χ2n) is 8.61. The van der Waals surface area contributed by atoms with Crippen molar-refractivity contribution in [3.8, 4) is 11.5 Å². The molecule has 1 N–H and O–H groups in total. The van der Waals surface area contributed by atoms with Gasteiger partial charge in [-0.3, -0.25) is 9.69 Å². The van der Waals surface area contributed by atoms with E-state index >= 15 is 0 Å². The maximum absolute atomic E-state index is 13.1. The molecule has 1 amide bonds. The lowest BCUT2D eigenvalue weighted by molar-refractivity contribution is -0.131. The number of methoxy groups -OCH3 is 2. The molecule has 6 heteroatoms. The zero-order chi connectivity index (χ0) is 20.4. The van der Waals surface area contributed by atoms with Gasteiger partial charge in [0.1, 0.15) is 0 Å². The Balaban J connectivity index is 1.51. The highest BCUT2D eigenvalue weighted by Gasteiger charge is 2.52. The highest BCUT2D eigenvalue weighted by molar-refractivity contribution is 5.82. The van der Waals surface area contributed by atoms with Crippen LogP contribution in [0.2, 0.25) is 0 Å². The molecule has 1 saturated heterocycles. The highest BCUT2D eigenvalue weighted by atomic mass is 16.5. The molecular formula is C23H34N2O4.